The van der Waals surface area contributed by atoms with Crippen LogP contribution < -0.4 is 10.2 Å². The molecule has 2 fully saturated rings. The standard InChI is InChI=1S/C22H38N6O2/c1-23-22(28-9-6-20(7-10-28)30-16-4-15-29-3)25-18-19-5-8-24-21(17-19)27-13-11-26(2)12-14-27/h5,8,17,20H,4,6-7,9-16,18H2,1-3H3,(H,23,25). The van der Waals surface area contributed by atoms with E-state index >= 15 is 0 Å². The normalized spacial score (nSPS) is 19.4. The topological polar surface area (TPSA) is 65.5 Å². The summed E-state index contributed by atoms with van der Waals surface area (Å²) in [6.45, 7) is 8.48. The Labute approximate surface area is 181 Å². The van der Waals surface area contributed by atoms with Gasteiger partial charge in [0.05, 0.1) is 6.10 Å². The Morgan fingerprint density at radius 1 is 1.17 bits per heavy atom. The van der Waals surface area contributed by atoms with E-state index in [-0.39, 0.29) is 0 Å². The molecule has 0 unspecified atom stereocenters. The van der Waals surface area contributed by atoms with Gasteiger partial charge in [0.1, 0.15) is 5.82 Å². The van der Waals surface area contributed by atoms with Crippen LogP contribution in [-0.4, -0.2) is 101 Å². The third-order valence-electron chi connectivity index (χ3n) is 5.89. The molecule has 0 amide bonds. The lowest BCUT2D eigenvalue weighted by molar-refractivity contribution is 0.00989. The lowest BCUT2D eigenvalue weighted by Crippen LogP contribution is -2.46. The molecule has 168 valence electrons. The number of ether oxygens (including phenoxy) is 2. The molecular weight excluding hydrogens is 380 g/mol. The number of guanidine groups is 1. The van der Waals surface area contributed by atoms with Crippen LogP contribution >= 0.6 is 0 Å². The van der Waals surface area contributed by atoms with E-state index in [1.54, 1.807) is 7.11 Å². The Kier molecular flexibility index (Phi) is 9.17. The number of methoxy groups -OCH3 is 1. The number of rotatable bonds is 8. The van der Waals surface area contributed by atoms with Crippen LogP contribution in [-0.2, 0) is 16.0 Å². The van der Waals surface area contributed by atoms with Gasteiger partial charge in [-0.05, 0) is 44.0 Å². The number of hydrogen-bond donors (Lipinski definition) is 1. The van der Waals surface area contributed by atoms with Crippen LogP contribution in [0.25, 0.3) is 0 Å². The molecule has 0 aromatic carbocycles. The maximum Gasteiger partial charge on any atom is 0.193 e. The Hall–Kier alpha value is -1.90. The van der Waals surface area contributed by atoms with Crippen LogP contribution in [0.4, 0.5) is 5.82 Å². The van der Waals surface area contributed by atoms with Gasteiger partial charge >= 0.3 is 0 Å². The summed E-state index contributed by atoms with van der Waals surface area (Å²) in [5.74, 6) is 2.04. The van der Waals surface area contributed by atoms with Crippen LogP contribution in [0.5, 0.6) is 0 Å². The molecule has 0 spiro atoms. The predicted octanol–water partition coefficient (Wildman–Crippen LogP) is 1.43. The van der Waals surface area contributed by atoms with Gasteiger partial charge in [-0.1, -0.05) is 0 Å². The summed E-state index contributed by atoms with van der Waals surface area (Å²) in [4.78, 5) is 16.2. The summed E-state index contributed by atoms with van der Waals surface area (Å²) in [6, 6.07) is 4.28. The first-order valence-corrected chi connectivity index (χ1v) is 11.1. The molecule has 3 heterocycles. The van der Waals surface area contributed by atoms with Gasteiger partial charge in [-0.25, -0.2) is 4.98 Å². The second-order valence-electron chi connectivity index (χ2n) is 8.12. The van der Waals surface area contributed by atoms with Crippen LogP contribution in [0.3, 0.4) is 0 Å². The second-order valence-corrected chi connectivity index (χ2v) is 8.12. The Morgan fingerprint density at radius 2 is 1.93 bits per heavy atom. The highest BCUT2D eigenvalue weighted by atomic mass is 16.5. The number of nitrogens with one attached hydrogen (secondary N) is 1. The van der Waals surface area contributed by atoms with E-state index in [0.717, 1.165) is 90.1 Å². The fourth-order valence-corrected chi connectivity index (χ4v) is 3.98. The zero-order chi connectivity index (χ0) is 21.2. The monoisotopic (exact) mass is 418 g/mol. The summed E-state index contributed by atoms with van der Waals surface area (Å²) in [6.07, 6.45) is 5.30. The molecule has 0 radical (unpaired) electrons. The van der Waals surface area contributed by atoms with Crippen LogP contribution in [0.1, 0.15) is 24.8 Å². The third kappa shape index (κ3) is 6.82. The van der Waals surface area contributed by atoms with Crippen LogP contribution in [0.15, 0.2) is 23.3 Å². The van der Waals surface area contributed by atoms with E-state index in [9.17, 15) is 0 Å². The van der Waals surface area contributed by atoms with Gasteiger partial charge in [0.25, 0.3) is 0 Å². The number of piperazine rings is 1. The zero-order valence-electron chi connectivity index (χ0n) is 18.8. The van der Waals surface area contributed by atoms with Crippen molar-refractivity contribution < 1.29 is 9.47 Å². The molecule has 2 aliphatic rings. The average Bonchev–Trinajstić information content (AvgIpc) is 2.79. The van der Waals surface area contributed by atoms with Crippen molar-refractivity contribution >= 4 is 11.8 Å². The van der Waals surface area contributed by atoms with Gasteiger partial charge in [-0.15, -0.1) is 0 Å². The minimum Gasteiger partial charge on any atom is -0.385 e. The maximum absolute atomic E-state index is 5.97. The summed E-state index contributed by atoms with van der Waals surface area (Å²) in [5.41, 5.74) is 1.23. The molecule has 0 saturated carbocycles. The molecule has 1 aromatic rings. The van der Waals surface area contributed by atoms with Crippen LogP contribution in [0, 0.1) is 0 Å². The van der Waals surface area contributed by atoms with Gasteiger partial charge in [0.15, 0.2) is 5.96 Å². The van der Waals surface area contributed by atoms with Crippen molar-refractivity contribution in [3.8, 4) is 0 Å². The van der Waals surface area contributed by atoms with E-state index in [1.807, 2.05) is 13.2 Å². The maximum atomic E-state index is 5.97. The fourth-order valence-electron chi connectivity index (χ4n) is 3.98. The van der Waals surface area contributed by atoms with E-state index in [0.29, 0.717) is 6.10 Å². The number of aromatic nitrogens is 1. The largest absolute Gasteiger partial charge is 0.385 e. The van der Waals surface area contributed by atoms with Crippen molar-refractivity contribution in [2.24, 2.45) is 4.99 Å². The highest BCUT2D eigenvalue weighted by molar-refractivity contribution is 5.80. The van der Waals surface area contributed by atoms with E-state index < -0.39 is 0 Å². The number of anilines is 1. The van der Waals surface area contributed by atoms with E-state index in [4.69, 9.17) is 9.47 Å². The summed E-state index contributed by atoms with van der Waals surface area (Å²) in [5, 5.41) is 3.53. The lowest BCUT2D eigenvalue weighted by atomic mass is 10.1. The minimum atomic E-state index is 0.350. The number of likely N-dealkylation sites (N-methyl/N-ethyl adjacent to an activating group) is 1. The van der Waals surface area contributed by atoms with Crippen molar-refractivity contribution in [3.05, 3.63) is 23.9 Å². The molecule has 0 atom stereocenters. The predicted molar refractivity (Wildman–Crippen MR) is 121 cm³/mol. The molecule has 1 aromatic heterocycles. The third-order valence-corrected chi connectivity index (χ3v) is 5.89. The molecule has 2 saturated heterocycles. The first-order chi connectivity index (χ1) is 14.7. The quantitative estimate of drug-likeness (QED) is 0.389. The minimum absolute atomic E-state index is 0.350. The highest BCUT2D eigenvalue weighted by Gasteiger charge is 2.22. The number of nitrogens with zero attached hydrogens (tertiary/aromatic N) is 5. The van der Waals surface area contributed by atoms with Crippen molar-refractivity contribution in [2.75, 3.05) is 78.6 Å². The Morgan fingerprint density at radius 3 is 2.63 bits per heavy atom. The summed E-state index contributed by atoms with van der Waals surface area (Å²) < 4.78 is 11.1. The van der Waals surface area contributed by atoms with Gasteiger partial charge in [-0.3, -0.25) is 4.99 Å². The Bertz CT molecular complexity index is 655. The second kappa shape index (κ2) is 12.1. The number of hydrogen-bond acceptors (Lipinski definition) is 6. The SMILES string of the molecule is CN=C(NCc1ccnc(N2CCN(C)CC2)c1)N1CCC(OCCCOC)CC1. The molecule has 30 heavy (non-hydrogen) atoms. The molecule has 8 heteroatoms. The molecule has 0 aliphatic carbocycles. The van der Waals surface area contributed by atoms with E-state index in [1.165, 1.54) is 5.56 Å². The Balaban J connectivity index is 1.44. The van der Waals surface area contributed by atoms with E-state index in [2.05, 4.69) is 49.2 Å². The van der Waals surface area contributed by atoms with Crippen molar-refractivity contribution in [1.29, 1.82) is 0 Å². The molecule has 0 bridgehead atoms. The number of aliphatic imine (C=N–C) groups is 1. The number of pyridine rings is 1. The van der Waals surface area contributed by atoms with Gasteiger partial charge in [0.2, 0.25) is 0 Å². The summed E-state index contributed by atoms with van der Waals surface area (Å²) >= 11 is 0. The summed E-state index contributed by atoms with van der Waals surface area (Å²) in [7, 11) is 5.77. The smallest absolute Gasteiger partial charge is 0.193 e. The van der Waals surface area contributed by atoms with Gasteiger partial charge in [-0.2, -0.15) is 0 Å². The van der Waals surface area contributed by atoms with Crippen LogP contribution in [0.2, 0.25) is 0 Å². The van der Waals surface area contributed by atoms with Crippen molar-refractivity contribution in [3.63, 3.8) is 0 Å². The number of piperidine rings is 1. The molecule has 3 rings (SSSR count). The lowest BCUT2D eigenvalue weighted by Gasteiger charge is -2.34. The fraction of sp³-hybridized carbons (Fsp3) is 0.727. The molecule has 1 N–H and O–H groups in total. The van der Waals surface area contributed by atoms with Gasteiger partial charge < -0.3 is 29.5 Å². The van der Waals surface area contributed by atoms with Crippen molar-refractivity contribution in [1.82, 2.24) is 20.1 Å². The first kappa shape index (κ1) is 22.8. The molecular formula is C22H38N6O2. The highest BCUT2D eigenvalue weighted by Crippen LogP contribution is 2.16. The van der Waals surface area contributed by atoms with Gasteiger partial charge in [0, 0.05) is 79.4 Å². The first-order valence-electron chi connectivity index (χ1n) is 11.1. The van der Waals surface area contributed by atoms with Crippen molar-refractivity contribution in [2.45, 2.75) is 31.9 Å². The zero-order valence-corrected chi connectivity index (χ0v) is 18.8. The number of likely N-dealkylation sites (tertiary alicyclic amines) is 1. The average molecular weight is 419 g/mol. The molecule has 2 aliphatic heterocycles. The molecule has 8 nitrogen and oxygen atoms in total.